The fourth-order valence-electron chi connectivity index (χ4n) is 8.78. The van der Waals surface area contributed by atoms with Gasteiger partial charge < -0.3 is 0 Å². The lowest BCUT2D eigenvalue weighted by Gasteiger charge is -2.34. The predicted octanol–water partition coefficient (Wildman–Crippen LogP) is 14.7. The van der Waals surface area contributed by atoms with Gasteiger partial charge in [-0.05, 0) is 107 Å². The summed E-state index contributed by atoms with van der Waals surface area (Å²) in [7, 11) is 0. The molecule has 2 nitrogen and oxygen atoms in total. The van der Waals surface area contributed by atoms with Crippen LogP contribution in [-0.4, -0.2) is 11.5 Å². The van der Waals surface area contributed by atoms with E-state index in [4.69, 9.17) is 9.98 Å². The van der Waals surface area contributed by atoms with Crippen LogP contribution in [0.25, 0.3) is 39.1 Å². The number of benzene rings is 8. The third-order valence-corrected chi connectivity index (χ3v) is 11.8. The first-order valence-electron chi connectivity index (χ1n) is 21.0. The van der Waals surface area contributed by atoms with Crippen LogP contribution in [0.1, 0.15) is 70.3 Å². The maximum Gasteiger partial charge on any atom is 0.160 e. The Morgan fingerprint density at radius 3 is 1.60 bits per heavy atom. The zero-order valence-electron chi connectivity index (χ0n) is 34.7. The summed E-state index contributed by atoms with van der Waals surface area (Å²) in [6.07, 6.45) is 3.04. The molecule has 0 aliphatic heterocycles. The SMILES string of the molecule is CC/C=C(/N=C(N=C(C)c1ccccc1)c1ccccc1)c1cccc(-c2cccc(-c3ccc4c(c3)-c3ccccc3C4(c3ccc(C)cc3)c3ccc(C)cc3)c2)c1. The van der Waals surface area contributed by atoms with Gasteiger partial charge in [0.25, 0.3) is 0 Å². The van der Waals surface area contributed by atoms with Gasteiger partial charge in [0.05, 0.1) is 11.1 Å². The minimum Gasteiger partial charge on any atom is -0.233 e. The van der Waals surface area contributed by atoms with Crippen LogP contribution in [0.3, 0.4) is 0 Å². The molecular formula is C58H48N2. The quantitative estimate of drug-likeness (QED) is 0.103. The number of aliphatic imine (C=N–C) groups is 2. The first kappa shape index (κ1) is 38.4. The van der Waals surface area contributed by atoms with Crippen LogP contribution in [0.5, 0.6) is 0 Å². The van der Waals surface area contributed by atoms with Gasteiger partial charge in [-0.15, -0.1) is 0 Å². The molecule has 0 unspecified atom stereocenters. The monoisotopic (exact) mass is 772 g/mol. The summed E-state index contributed by atoms with van der Waals surface area (Å²) in [5.74, 6) is 0.691. The number of nitrogens with zero attached hydrogens (tertiary/aromatic N) is 2. The Balaban J connectivity index is 1.11. The minimum atomic E-state index is -0.424. The second-order valence-electron chi connectivity index (χ2n) is 15.8. The van der Waals surface area contributed by atoms with Crippen LogP contribution in [-0.2, 0) is 5.41 Å². The van der Waals surface area contributed by atoms with E-state index in [0.717, 1.165) is 45.6 Å². The van der Waals surface area contributed by atoms with Crippen molar-refractivity contribution in [1.29, 1.82) is 0 Å². The van der Waals surface area contributed by atoms with Gasteiger partial charge in [-0.2, -0.15) is 0 Å². The highest BCUT2D eigenvalue weighted by Gasteiger charge is 2.46. The van der Waals surface area contributed by atoms with Crippen molar-refractivity contribution in [3.05, 3.63) is 256 Å². The van der Waals surface area contributed by atoms with E-state index in [9.17, 15) is 0 Å². The van der Waals surface area contributed by atoms with E-state index in [1.54, 1.807) is 0 Å². The number of amidine groups is 1. The molecule has 0 fully saturated rings. The van der Waals surface area contributed by atoms with Gasteiger partial charge in [0, 0.05) is 16.8 Å². The molecule has 2 heteroatoms. The Kier molecular flexibility index (Phi) is 10.6. The average Bonchev–Trinajstić information content (AvgIpc) is 3.60. The normalized spacial score (nSPS) is 13.5. The number of allylic oxidation sites excluding steroid dienone is 1. The van der Waals surface area contributed by atoms with Gasteiger partial charge in [0.15, 0.2) is 5.84 Å². The molecule has 8 aromatic carbocycles. The lowest BCUT2D eigenvalue weighted by Crippen LogP contribution is -2.28. The van der Waals surface area contributed by atoms with Crippen molar-refractivity contribution in [2.24, 2.45) is 9.98 Å². The van der Waals surface area contributed by atoms with E-state index in [0.29, 0.717) is 5.84 Å². The molecule has 1 aliphatic rings. The predicted molar refractivity (Wildman–Crippen MR) is 254 cm³/mol. The van der Waals surface area contributed by atoms with E-state index in [1.165, 1.54) is 55.6 Å². The van der Waals surface area contributed by atoms with E-state index in [1.807, 2.05) is 36.4 Å². The molecule has 1 aliphatic carbocycles. The average molecular weight is 773 g/mol. The second-order valence-corrected chi connectivity index (χ2v) is 15.8. The van der Waals surface area contributed by atoms with Gasteiger partial charge in [0.2, 0.25) is 0 Å². The van der Waals surface area contributed by atoms with E-state index < -0.39 is 5.41 Å². The van der Waals surface area contributed by atoms with Crippen molar-refractivity contribution < 1.29 is 0 Å². The summed E-state index contributed by atoms with van der Waals surface area (Å²) in [5.41, 5.74) is 19.5. The smallest absolute Gasteiger partial charge is 0.160 e. The summed E-state index contributed by atoms with van der Waals surface area (Å²) in [6.45, 7) is 8.53. The molecule has 0 saturated heterocycles. The van der Waals surface area contributed by atoms with Crippen LogP contribution in [0, 0.1) is 13.8 Å². The maximum atomic E-state index is 5.28. The highest BCUT2D eigenvalue weighted by atomic mass is 14.9. The lowest BCUT2D eigenvalue weighted by atomic mass is 9.67. The molecule has 290 valence electrons. The van der Waals surface area contributed by atoms with Gasteiger partial charge in [-0.1, -0.05) is 206 Å². The summed E-state index contributed by atoms with van der Waals surface area (Å²) in [5, 5.41) is 0. The molecule has 0 bridgehead atoms. The van der Waals surface area contributed by atoms with Crippen molar-refractivity contribution in [3.63, 3.8) is 0 Å². The minimum absolute atomic E-state index is 0.424. The van der Waals surface area contributed by atoms with Crippen LogP contribution >= 0.6 is 0 Å². The van der Waals surface area contributed by atoms with E-state index in [2.05, 4.69) is 198 Å². The fraction of sp³-hybridized carbons (Fsp3) is 0.103. The van der Waals surface area contributed by atoms with Crippen molar-refractivity contribution in [1.82, 2.24) is 0 Å². The fourth-order valence-corrected chi connectivity index (χ4v) is 8.78. The molecule has 0 radical (unpaired) electrons. The van der Waals surface area contributed by atoms with Crippen LogP contribution in [0.4, 0.5) is 0 Å². The molecule has 8 aromatic rings. The Hall–Kier alpha value is -7.16. The summed E-state index contributed by atoms with van der Waals surface area (Å²) < 4.78 is 0. The zero-order chi connectivity index (χ0) is 41.1. The third-order valence-electron chi connectivity index (χ3n) is 11.8. The Morgan fingerprint density at radius 2 is 0.967 bits per heavy atom. The van der Waals surface area contributed by atoms with Gasteiger partial charge in [0.1, 0.15) is 0 Å². The van der Waals surface area contributed by atoms with E-state index >= 15 is 0 Å². The van der Waals surface area contributed by atoms with Crippen LogP contribution < -0.4 is 0 Å². The van der Waals surface area contributed by atoms with Crippen LogP contribution in [0.15, 0.2) is 216 Å². The Morgan fingerprint density at radius 1 is 0.450 bits per heavy atom. The summed E-state index contributed by atoms with van der Waals surface area (Å²) in [4.78, 5) is 10.4. The second kappa shape index (κ2) is 16.6. The van der Waals surface area contributed by atoms with Crippen molar-refractivity contribution in [2.75, 3.05) is 0 Å². The molecule has 0 heterocycles. The molecular weight excluding hydrogens is 725 g/mol. The molecule has 9 rings (SSSR count). The Labute approximate surface area is 355 Å². The number of hydrogen-bond acceptors (Lipinski definition) is 1. The van der Waals surface area contributed by atoms with Gasteiger partial charge in [-0.3, -0.25) is 0 Å². The highest BCUT2D eigenvalue weighted by molar-refractivity contribution is 6.12. The largest absolute Gasteiger partial charge is 0.233 e. The lowest BCUT2D eigenvalue weighted by molar-refractivity contribution is 0.767. The number of aryl methyl sites for hydroxylation is 2. The molecule has 0 atom stereocenters. The van der Waals surface area contributed by atoms with Gasteiger partial charge >= 0.3 is 0 Å². The van der Waals surface area contributed by atoms with Crippen molar-refractivity contribution in [2.45, 2.75) is 39.5 Å². The molecule has 0 spiro atoms. The summed E-state index contributed by atoms with van der Waals surface area (Å²) in [6, 6.07) is 72.6. The molecule has 0 aromatic heterocycles. The third kappa shape index (κ3) is 7.27. The van der Waals surface area contributed by atoms with Crippen molar-refractivity contribution in [3.8, 4) is 33.4 Å². The number of rotatable bonds is 9. The van der Waals surface area contributed by atoms with Gasteiger partial charge in [-0.25, -0.2) is 9.98 Å². The molecule has 0 amide bonds. The standard InChI is InChI=1S/C58H48N2/c1-5-16-56(60-57(44-19-10-7-11-20-44)59-42(4)43-17-8-6-9-18-43)49-24-15-23-47(38-49)45-21-14-22-46(37-45)48-31-36-55-53(39-48)52-25-12-13-26-54(52)58(55,50-32-27-40(2)28-33-50)51-34-29-41(3)30-35-51/h6-39H,5H2,1-4H3/b56-16+,59-42?,60-57?. The topological polar surface area (TPSA) is 24.7 Å². The first-order chi connectivity index (χ1) is 29.4. The Bertz CT molecular complexity index is 2850. The maximum absolute atomic E-state index is 5.28. The number of hydrogen-bond donors (Lipinski definition) is 0. The number of fused-ring (bicyclic) bond motifs is 3. The highest BCUT2D eigenvalue weighted by Crippen LogP contribution is 2.56. The van der Waals surface area contributed by atoms with Crippen LogP contribution in [0.2, 0.25) is 0 Å². The first-order valence-corrected chi connectivity index (χ1v) is 21.0. The van der Waals surface area contributed by atoms with Crippen molar-refractivity contribution >= 4 is 17.2 Å². The van der Waals surface area contributed by atoms with E-state index in [-0.39, 0.29) is 0 Å². The zero-order valence-corrected chi connectivity index (χ0v) is 34.7. The molecule has 60 heavy (non-hydrogen) atoms. The molecule has 0 N–H and O–H groups in total. The summed E-state index contributed by atoms with van der Waals surface area (Å²) >= 11 is 0. The molecule has 0 saturated carbocycles.